The molecule has 0 aliphatic rings. The van der Waals surface area contributed by atoms with Crippen molar-refractivity contribution in [1.82, 2.24) is 4.98 Å². The zero-order valence-corrected chi connectivity index (χ0v) is 13.0. The van der Waals surface area contributed by atoms with Crippen molar-refractivity contribution in [3.63, 3.8) is 0 Å². The molecular weight excluding hydrogens is 313 g/mol. The van der Waals surface area contributed by atoms with Gasteiger partial charge in [-0.05, 0) is 12.1 Å². The van der Waals surface area contributed by atoms with E-state index in [0.717, 1.165) is 0 Å². The number of aromatic nitrogens is 1. The first-order chi connectivity index (χ1) is 10.4. The van der Waals surface area contributed by atoms with Crippen LogP contribution in [-0.4, -0.2) is 31.2 Å². The first-order valence-electron chi connectivity index (χ1n) is 6.10. The Morgan fingerprint density at radius 3 is 2.32 bits per heavy atom. The van der Waals surface area contributed by atoms with Crippen molar-refractivity contribution in [3.05, 3.63) is 34.4 Å². The van der Waals surface area contributed by atoms with E-state index in [2.05, 4.69) is 10.3 Å². The molecule has 2 rings (SSSR count). The molecule has 0 unspecified atom stereocenters. The fourth-order valence-corrected chi connectivity index (χ4v) is 2.87. The summed E-state index contributed by atoms with van der Waals surface area (Å²) in [6, 6.07) is 5.62. The third-order valence-electron chi connectivity index (χ3n) is 2.90. The lowest BCUT2D eigenvalue weighted by Crippen LogP contribution is -2.13. The Balaban J connectivity index is 2.47. The molecule has 1 aromatic heterocycles. The van der Waals surface area contributed by atoms with E-state index in [-0.39, 0.29) is 22.9 Å². The lowest BCUT2D eigenvalue weighted by molar-refractivity contribution is -0.384. The Morgan fingerprint density at radius 2 is 1.86 bits per heavy atom. The summed E-state index contributed by atoms with van der Waals surface area (Å²) in [7, 11) is 0.461. The number of anilines is 1. The molecule has 0 aliphatic carbocycles. The fourth-order valence-electron chi connectivity index (χ4n) is 1.76. The smallest absolute Gasteiger partial charge is 0.384 e. The predicted molar refractivity (Wildman–Crippen MR) is 79.4 cm³/mol. The lowest BCUT2D eigenvalue weighted by atomic mass is 10.2. The second-order valence-electron chi connectivity index (χ2n) is 4.09. The number of nitro groups is 1. The van der Waals surface area contributed by atoms with Crippen LogP contribution in [0.2, 0.25) is 0 Å². The van der Waals surface area contributed by atoms with Crippen LogP contribution in [0.15, 0.2) is 28.7 Å². The van der Waals surface area contributed by atoms with Gasteiger partial charge in [-0.15, -0.1) is 0 Å². The van der Waals surface area contributed by atoms with Crippen LogP contribution in [0.4, 0.5) is 11.6 Å². The number of oxazole rings is 1. The number of non-ortho nitro benzene ring substituents is 1. The predicted octanol–water partition coefficient (Wildman–Crippen LogP) is 2.40. The van der Waals surface area contributed by atoms with Gasteiger partial charge in [0.2, 0.25) is 17.2 Å². The highest BCUT2D eigenvalue weighted by Crippen LogP contribution is 2.47. The van der Waals surface area contributed by atoms with Gasteiger partial charge >= 0.3 is 7.60 Å². The van der Waals surface area contributed by atoms with Gasteiger partial charge in [0.15, 0.2) is 0 Å². The molecule has 0 bridgehead atoms. The standard InChI is InChI=1S/C12H14N3O6P/c1-13-11-12(22(18,19-2)20-3)14-10(21-11)8-4-6-9(7-5-8)15(16)17/h4-7,13H,1-3H3. The topological polar surface area (TPSA) is 117 Å². The van der Waals surface area contributed by atoms with E-state index in [1.807, 2.05) is 0 Å². The molecule has 1 heterocycles. The first kappa shape index (κ1) is 16.2. The summed E-state index contributed by atoms with van der Waals surface area (Å²) < 4.78 is 27.7. The molecule has 1 aromatic carbocycles. The van der Waals surface area contributed by atoms with Gasteiger partial charge in [0.1, 0.15) is 0 Å². The summed E-state index contributed by atoms with van der Waals surface area (Å²) in [6.07, 6.45) is 0. The minimum absolute atomic E-state index is 0.00773. The van der Waals surface area contributed by atoms with Crippen LogP contribution in [0.3, 0.4) is 0 Å². The van der Waals surface area contributed by atoms with Gasteiger partial charge in [0, 0.05) is 39.0 Å². The minimum Gasteiger partial charge on any atom is -0.420 e. The normalized spacial score (nSPS) is 11.4. The van der Waals surface area contributed by atoms with Gasteiger partial charge in [-0.25, -0.2) is 0 Å². The van der Waals surface area contributed by atoms with Gasteiger partial charge in [0.25, 0.3) is 5.69 Å². The molecule has 10 heteroatoms. The summed E-state index contributed by atoms with van der Waals surface area (Å²) in [5.41, 5.74) is 0.448. The quantitative estimate of drug-likeness (QED) is 0.488. The van der Waals surface area contributed by atoms with Gasteiger partial charge in [-0.3, -0.25) is 14.7 Å². The monoisotopic (exact) mass is 327 g/mol. The molecular formula is C12H14N3O6P. The van der Waals surface area contributed by atoms with E-state index in [1.165, 1.54) is 38.5 Å². The number of hydrogen-bond acceptors (Lipinski definition) is 8. The van der Waals surface area contributed by atoms with Crippen LogP contribution in [0.25, 0.3) is 11.5 Å². The SMILES string of the molecule is CNc1oc(-c2ccc([N+](=O)[O-])cc2)nc1P(=O)(OC)OC. The fraction of sp³-hybridized carbons (Fsp3) is 0.250. The Bertz CT molecular complexity index is 719. The Morgan fingerprint density at radius 1 is 1.27 bits per heavy atom. The van der Waals surface area contributed by atoms with Crippen LogP contribution in [0.5, 0.6) is 0 Å². The molecule has 0 saturated heterocycles. The van der Waals surface area contributed by atoms with Crippen LogP contribution in [-0.2, 0) is 13.6 Å². The number of nitrogens with one attached hydrogen (secondary N) is 1. The van der Waals surface area contributed by atoms with E-state index in [0.29, 0.717) is 5.56 Å². The van der Waals surface area contributed by atoms with Crippen molar-refractivity contribution in [2.24, 2.45) is 0 Å². The second-order valence-corrected chi connectivity index (χ2v) is 6.24. The van der Waals surface area contributed by atoms with Crippen LogP contribution in [0, 0.1) is 10.1 Å². The van der Waals surface area contributed by atoms with Gasteiger partial charge in [-0.1, -0.05) is 0 Å². The maximum absolute atomic E-state index is 12.4. The molecule has 2 aromatic rings. The molecule has 0 spiro atoms. The average Bonchev–Trinajstić information content (AvgIpc) is 2.99. The number of hydrogen-bond donors (Lipinski definition) is 1. The Kier molecular flexibility index (Phi) is 4.60. The molecule has 9 nitrogen and oxygen atoms in total. The summed E-state index contributed by atoms with van der Waals surface area (Å²) in [5, 5.41) is 13.4. The zero-order chi connectivity index (χ0) is 16.3. The van der Waals surface area contributed by atoms with E-state index in [1.54, 1.807) is 7.05 Å². The van der Waals surface area contributed by atoms with Gasteiger partial charge < -0.3 is 18.8 Å². The number of benzene rings is 1. The molecule has 22 heavy (non-hydrogen) atoms. The second kappa shape index (κ2) is 6.27. The molecule has 1 N–H and O–H groups in total. The molecule has 0 atom stereocenters. The molecule has 0 aliphatic heterocycles. The minimum atomic E-state index is -3.59. The highest BCUT2D eigenvalue weighted by atomic mass is 31.2. The van der Waals surface area contributed by atoms with Crippen molar-refractivity contribution in [1.29, 1.82) is 0 Å². The van der Waals surface area contributed by atoms with E-state index < -0.39 is 12.5 Å². The van der Waals surface area contributed by atoms with Gasteiger partial charge in [-0.2, -0.15) is 4.98 Å². The van der Waals surface area contributed by atoms with E-state index in [9.17, 15) is 14.7 Å². The maximum atomic E-state index is 12.4. The number of nitro benzene ring substituents is 1. The molecule has 0 amide bonds. The number of rotatable bonds is 6. The van der Waals surface area contributed by atoms with Crippen LogP contribution in [0.1, 0.15) is 0 Å². The van der Waals surface area contributed by atoms with E-state index in [4.69, 9.17) is 13.5 Å². The maximum Gasteiger partial charge on any atom is 0.384 e. The Labute approximate surface area is 125 Å². The largest absolute Gasteiger partial charge is 0.420 e. The third-order valence-corrected chi connectivity index (χ3v) is 4.68. The molecule has 0 radical (unpaired) electrons. The highest BCUT2D eigenvalue weighted by molar-refractivity contribution is 7.62. The van der Waals surface area contributed by atoms with Crippen molar-refractivity contribution in [3.8, 4) is 11.5 Å². The van der Waals surface area contributed by atoms with Crippen molar-refractivity contribution in [2.45, 2.75) is 0 Å². The lowest BCUT2D eigenvalue weighted by Gasteiger charge is -2.10. The van der Waals surface area contributed by atoms with Crippen molar-refractivity contribution in [2.75, 3.05) is 26.6 Å². The van der Waals surface area contributed by atoms with Crippen molar-refractivity contribution < 1.29 is 23.0 Å². The summed E-state index contributed by atoms with van der Waals surface area (Å²) >= 11 is 0. The highest BCUT2D eigenvalue weighted by Gasteiger charge is 2.33. The van der Waals surface area contributed by atoms with Crippen LogP contribution >= 0.6 is 7.60 Å². The van der Waals surface area contributed by atoms with Gasteiger partial charge in [0.05, 0.1) is 4.92 Å². The zero-order valence-electron chi connectivity index (χ0n) is 12.1. The summed E-state index contributed by atoms with van der Waals surface area (Å²) in [4.78, 5) is 14.3. The van der Waals surface area contributed by atoms with E-state index >= 15 is 0 Å². The third kappa shape index (κ3) is 2.87. The van der Waals surface area contributed by atoms with Crippen molar-refractivity contribution >= 4 is 24.6 Å². The molecule has 118 valence electrons. The first-order valence-corrected chi connectivity index (χ1v) is 7.65. The number of nitrogens with zero attached hydrogens (tertiary/aromatic N) is 2. The molecule has 0 saturated carbocycles. The Hall–Kier alpha value is -2.22. The average molecular weight is 327 g/mol. The molecule has 0 fully saturated rings. The summed E-state index contributed by atoms with van der Waals surface area (Å²) in [6.45, 7) is 0. The summed E-state index contributed by atoms with van der Waals surface area (Å²) in [5.74, 6) is 0.281. The van der Waals surface area contributed by atoms with Crippen LogP contribution < -0.4 is 10.8 Å².